The number of hydrogen-bond donors (Lipinski definition) is 1. The molecule has 168 valence electrons. The largest absolute Gasteiger partial charge is 0.487 e. The summed E-state index contributed by atoms with van der Waals surface area (Å²) in [5.74, 6) is 0.471. The summed E-state index contributed by atoms with van der Waals surface area (Å²) in [5.41, 5.74) is 1.05. The van der Waals surface area contributed by atoms with Gasteiger partial charge in [0.25, 0.3) is 0 Å². The van der Waals surface area contributed by atoms with Gasteiger partial charge in [-0.2, -0.15) is 0 Å². The molecule has 6 nitrogen and oxygen atoms in total. The van der Waals surface area contributed by atoms with Gasteiger partial charge in [0, 0.05) is 12.0 Å². The number of hydrogen-bond acceptors (Lipinski definition) is 4. The molecule has 0 unspecified atom stereocenters. The van der Waals surface area contributed by atoms with Gasteiger partial charge in [0.05, 0.1) is 18.0 Å². The zero-order valence-corrected chi connectivity index (χ0v) is 19.5. The lowest BCUT2D eigenvalue weighted by Gasteiger charge is -2.42. The lowest BCUT2D eigenvalue weighted by atomic mass is 9.83. The van der Waals surface area contributed by atoms with Gasteiger partial charge < -0.3 is 10.1 Å². The number of anilines is 1. The van der Waals surface area contributed by atoms with Gasteiger partial charge in [-0.25, -0.2) is 8.42 Å². The maximum Gasteiger partial charge on any atom is 0.244 e. The maximum absolute atomic E-state index is 13.4. The molecule has 2 aromatic rings. The number of benzene rings is 2. The highest BCUT2D eigenvalue weighted by Gasteiger charge is 2.40. The van der Waals surface area contributed by atoms with E-state index < -0.39 is 16.1 Å². The second-order valence-electron chi connectivity index (χ2n) is 8.11. The van der Waals surface area contributed by atoms with Gasteiger partial charge in [-0.1, -0.05) is 57.2 Å². The maximum atomic E-state index is 13.4. The van der Waals surface area contributed by atoms with Crippen LogP contribution in [0.25, 0.3) is 0 Å². The topological polar surface area (TPSA) is 75.7 Å². The third-order valence-electron chi connectivity index (χ3n) is 6.14. The van der Waals surface area contributed by atoms with Crippen molar-refractivity contribution in [3.63, 3.8) is 0 Å². The van der Waals surface area contributed by atoms with Crippen molar-refractivity contribution in [3.8, 4) is 5.75 Å². The summed E-state index contributed by atoms with van der Waals surface area (Å²) in [6.07, 6.45) is 3.77. The minimum atomic E-state index is -3.66. The van der Waals surface area contributed by atoms with Crippen LogP contribution in [0.5, 0.6) is 5.75 Å². The zero-order valence-electron chi connectivity index (χ0n) is 18.7. The molecule has 0 spiro atoms. The van der Waals surface area contributed by atoms with E-state index in [0.29, 0.717) is 18.5 Å². The highest BCUT2D eigenvalue weighted by molar-refractivity contribution is 7.92. The van der Waals surface area contributed by atoms with Gasteiger partial charge in [0.15, 0.2) is 0 Å². The summed E-state index contributed by atoms with van der Waals surface area (Å²) >= 11 is 0. The van der Waals surface area contributed by atoms with Gasteiger partial charge in [-0.05, 0) is 37.5 Å². The van der Waals surface area contributed by atoms with E-state index in [1.807, 2.05) is 37.3 Å². The molecule has 1 N–H and O–H groups in total. The number of ether oxygens (including phenoxy) is 1. The van der Waals surface area contributed by atoms with Gasteiger partial charge in [-0.3, -0.25) is 9.10 Å². The Balaban J connectivity index is 1.94. The van der Waals surface area contributed by atoms with Crippen LogP contribution in [0.1, 0.15) is 58.1 Å². The smallest absolute Gasteiger partial charge is 0.244 e. The van der Waals surface area contributed by atoms with Crippen molar-refractivity contribution in [2.75, 3.05) is 10.6 Å². The van der Waals surface area contributed by atoms with E-state index in [1.54, 1.807) is 24.3 Å². The van der Waals surface area contributed by atoms with Crippen molar-refractivity contribution >= 4 is 21.6 Å². The van der Waals surface area contributed by atoms with E-state index in [1.165, 1.54) is 4.31 Å². The number of fused-ring (bicyclic) bond motifs is 1. The van der Waals surface area contributed by atoms with E-state index in [-0.39, 0.29) is 17.6 Å². The van der Waals surface area contributed by atoms with Crippen LogP contribution in [0, 0.1) is 0 Å². The molecular weight excluding hydrogens is 412 g/mol. The highest BCUT2D eigenvalue weighted by Crippen LogP contribution is 2.42. The lowest BCUT2D eigenvalue weighted by molar-refractivity contribution is -0.123. The molecule has 0 fully saturated rings. The van der Waals surface area contributed by atoms with E-state index in [0.717, 1.165) is 30.4 Å². The predicted octanol–water partition coefficient (Wildman–Crippen LogP) is 4.43. The van der Waals surface area contributed by atoms with Crippen LogP contribution in [0.4, 0.5) is 5.69 Å². The Bertz CT molecular complexity index is 1000. The van der Waals surface area contributed by atoms with Crippen molar-refractivity contribution in [1.82, 2.24) is 5.32 Å². The van der Waals surface area contributed by atoms with Gasteiger partial charge in [0.1, 0.15) is 17.4 Å². The van der Waals surface area contributed by atoms with Crippen molar-refractivity contribution < 1.29 is 17.9 Å². The van der Waals surface area contributed by atoms with Crippen LogP contribution in [0.2, 0.25) is 0 Å². The first-order valence-corrected chi connectivity index (χ1v) is 12.7. The third-order valence-corrected chi connectivity index (χ3v) is 7.32. The molecule has 1 aliphatic heterocycles. The molecule has 0 saturated heterocycles. The third kappa shape index (κ3) is 4.87. The molecule has 31 heavy (non-hydrogen) atoms. The Morgan fingerprint density at radius 1 is 1.10 bits per heavy atom. The van der Waals surface area contributed by atoms with Gasteiger partial charge >= 0.3 is 0 Å². The normalized spacial score (nSPS) is 18.4. The van der Waals surface area contributed by atoms with Gasteiger partial charge in [-0.15, -0.1) is 0 Å². The Hall–Kier alpha value is -2.54. The van der Waals surface area contributed by atoms with E-state index in [4.69, 9.17) is 4.74 Å². The molecule has 0 aromatic heterocycles. The molecular formula is C24H32N2O4S. The standard InChI is InChI=1S/C24H32N2O4S/c1-5-21(26(31(4,28)29)18-13-9-8-10-14-18)23(27)25-20-17-24(6-2,7-3)30-22-16-12-11-15-19(20)22/h8-16,20-21H,5-7,17H2,1-4H3,(H,25,27)/t20-,21+/m1/s1. The number of rotatable bonds is 8. The molecule has 7 heteroatoms. The van der Waals surface area contributed by atoms with Gasteiger partial charge in [0.2, 0.25) is 15.9 Å². The van der Waals surface area contributed by atoms with E-state index in [9.17, 15) is 13.2 Å². The Kier molecular flexibility index (Phi) is 6.94. The molecule has 3 rings (SSSR count). The zero-order chi connectivity index (χ0) is 22.6. The summed E-state index contributed by atoms with van der Waals surface area (Å²) in [5, 5.41) is 3.15. The van der Waals surface area contributed by atoms with Crippen molar-refractivity contribution in [2.24, 2.45) is 0 Å². The summed E-state index contributed by atoms with van der Waals surface area (Å²) in [7, 11) is -3.66. The van der Waals surface area contributed by atoms with Crippen LogP contribution in [0.3, 0.4) is 0 Å². The second kappa shape index (κ2) is 9.30. The molecule has 0 radical (unpaired) electrons. The summed E-state index contributed by atoms with van der Waals surface area (Å²) in [6.45, 7) is 6.00. The molecule has 2 atom stereocenters. The first-order chi connectivity index (χ1) is 14.7. The number of amides is 1. The van der Waals surface area contributed by atoms with E-state index in [2.05, 4.69) is 19.2 Å². The average Bonchev–Trinajstić information content (AvgIpc) is 2.76. The number of sulfonamides is 1. The monoisotopic (exact) mass is 444 g/mol. The fraction of sp³-hybridized carbons (Fsp3) is 0.458. The van der Waals surface area contributed by atoms with Crippen LogP contribution >= 0.6 is 0 Å². The first-order valence-electron chi connectivity index (χ1n) is 10.9. The Morgan fingerprint density at radius 3 is 2.29 bits per heavy atom. The Labute approximate surface area is 185 Å². The van der Waals surface area contributed by atoms with E-state index >= 15 is 0 Å². The fourth-order valence-corrected chi connectivity index (χ4v) is 5.54. The number of nitrogens with zero attached hydrogens (tertiary/aromatic N) is 1. The average molecular weight is 445 g/mol. The number of para-hydroxylation sites is 2. The molecule has 1 amide bonds. The van der Waals surface area contributed by atoms with Crippen LogP contribution < -0.4 is 14.4 Å². The number of carbonyl (C=O) groups excluding carboxylic acids is 1. The molecule has 2 aromatic carbocycles. The predicted molar refractivity (Wildman–Crippen MR) is 124 cm³/mol. The minimum absolute atomic E-state index is 0.247. The van der Waals surface area contributed by atoms with Crippen LogP contribution in [-0.4, -0.2) is 32.2 Å². The highest BCUT2D eigenvalue weighted by atomic mass is 32.2. The van der Waals surface area contributed by atoms with Crippen LogP contribution in [-0.2, 0) is 14.8 Å². The summed E-state index contributed by atoms with van der Waals surface area (Å²) in [6, 6.07) is 15.4. The Morgan fingerprint density at radius 2 is 1.71 bits per heavy atom. The molecule has 0 saturated carbocycles. The number of nitrogens with one attached hydrogen (secondary N) is 1. The molecule has 1 aliphatic rings. The lowest BCUT2D eigenvalue weighted by Crippen LogP contribution is -2.52. The van der Waals surface area contributed by atoms with Crippen molar-refractivity contribution in [2.45, 2.75) is 64.1 Å². The minimum Gasteiger partial charge on any atom is -0.487 e. The SMILES string of the molecule is CC[C@@H](C(=O)N[C@@H]1CC(CC)(CC)Oc2ccccc21)N(c1ccccc1)S(C)(=O)=O. The first kappa shape index (κ1) is 23.1. The van der Waals surface area contributed by atoms with Crippen LogP contribution in [0.15, 0.2) is 54.6 Å². The van der Waals surface area contributed by atoms with Crippen molar-refractivity contribution in [1.29, 1.82) is 0 Å². The fourth-order valence-electron chi connectivity index (χ4n) is 4.33. The second-order valence-corrected chi connectivity index (χ2v) is 9.97. The molecule has 1 heterocycles. The molecule has 0 bridgehead atoms. The van der Waals surface area contributed by atoms with Crippen molar-refractivity contribution in [3.05, 3.63) is 60.2 Å². The number of carbonyl (C=O) groups is 1. The summed E-state index contributed by atoms with van der Waals surface area (Å²) < 4.78 is 32.9. The quantitative estimate of drug-likeness (QED) is 0.654. The summed E-state index contributed by atoms with van der Waals surface area (Å²) in [4.78, 5) is 13.4. The molecule has 0 aliphatic carbocycles.